The van der Waals surface area contributed by atoms with E-state index in [1.54, 1.807) is 41.2 Å². The molecule has 0 fully saturated rings. The molecule has 0 aliphatic carbocycles. The second kappa shape index (κ2) is 11.9. The van der Waals surface area contributed by atoms with Crippen LogP contribution in [0.4, 0.5) is 15.9 Å². The summed E-state index contributed by atoms with van der Waals surface area (Å²) in [6.45, 7) is 2.43. The number of ether oxygens (including phenoxy) is 1. The monoisotopic (exact) mass is 539 g/mol. The van der Waals surface area contributed by atoms with Crippen molar-refractivity contribution in [1.82, 2.24) is 25.0 Å². The fourth-order valence-corrected chi connectivity index (χ4v) is 4.21. The lowest BCUT2D eigenvalue weighted by atomic mass is 10.0. The van der Waals surface area contributed by atoms with Crippen LogP contribution in [0, 0.1) is 5.82 Å². The second-order valence-electron chi connectivity index (χ2n) is 8.22. The number of aromatic nitrogens is 3. The summed E-state index contributed by atoms with van der Waals surface area (Å²) in [6, 6.07) is 8.55. The van der Waals surface area contributed by atoms with Crippen molar-refractivity contribution < 1.29 is 18.7 Å². The number of carbonyl (C=O) groups excluding carboxylic acids is 2. The number of rotatable bonds is 10. The van der Waals surface area contributed by atoms with Crippen LogP contribution in [0.1, 0.15) is 22.8 Å². The van der Waals surface area contributed by atoms with E-state index < -0.39 is 5.82 Å². The van der Waals surface area contributed by atoms with Crippen molar-refractivity contribution in [3.63, 3.8) is 0 Å². The Hall–Kier alpha value is -4.22. The van der Waals surface area contributed by atoms with Gasteiger partial charge in [-0.3, -0.25) is 14.0 Å². The zero-order chi connectivity index (χ0) is 27.2. The number of halogens is 2. The van der Waals surface area contributed by atoms with Crippen molar-refractivity contribution in [3.8, 4) is 17.0 Å². The smallest absolute Gasteiger partial charge is 0.251 e. The summed E-state index contributed by atoms with van der Waals surface area (Å²) in [5.74, 6) is -0.642. The molecule has 0 unspecified atom stereocenters. The number of anilines is 2. The Morgan fingerprint density at radius 3 is 2.68 bits per heavy atom. The number of methoxy groups -OCH3 is 1. The summed E-state index contributed by atoms with van der Waals surface area (Å²) in [6.07, 6.45) is 5.52. The van der Waals surface area contributed by atoms with Gasteiger partial charge in [0.05, 0.1) is 30.6 Å². The molecule has 4 aromatic rings. The molecule has 198 valence electrons. The Bertz CT molecular complexity index is 1490. The van der Waals surface area contributed by atoms with Gasteiger partial charge >= 0.3 is 0 Å². The number of nitrogens with two attached hydrogens (primary N) is 1. The lowest BCUT2D eigenvalue weighted by Crippen LogP contribution is -2.37. The van der Waals surface area contributed by atoms with Crippen molar-refractivity contribution >= 4 is 40.6 Å². The van der Waals surface area contributed by atoms with E-state index in [9.17, 15) is 14.0 Å². The van der Waals surface area contributed by atoms with Crippen LogP contribution in [0.5, 0.6) is 5.75 Å². The number of hydrogen-bond donors (Lipinski definition) is 4. The molecule has 0 radical (unpaired) electrons. The predicted octanol–water partition coefficient (Wildman–Crippen LogP) is 3.31. The SMILES string of the molecule is CCc1cc(Nc2nccn3c(-c4ccc(OC)c(F)c4Cl)cnc23)ccc1C(=O)NCCNC(=O)CN. The second-order valence-corrected chi connectivity index (χ2v) is 8.59. The van der Waals surface area contributed by atoms with Gasteiger partial charge in [-0.2, -0.15) is 0 Å². The topological polar surface area (TPSA) is 136 Å². The number of nitrogens with zero attached hydrogens (tertiary/aromatic N) is 3. The molecule has 0 aliphatic heterocycles. The normalized spacial score (nSPS) is 10.9. The van der Waals surface area contributed by atoms with Crippen LogP contribution < -0.4 is 26.4 Å². The molecule has 12 heteroatoms. The molecule has 2 aromatic heterocycles. The summed E-state index contributed by atoms with van der Waals surface area (Å²) >= 11 is 6.29. The van der Waals surface area contributed by atoms with Gasteiger partial charge in [-0.15, -0.1) is 0 Å². The molecule has 2 amide bonds. The third-order valence-electron chi connectivity index (χ3n) is 5.88. The zero-order valence-corrected chi connectivity index (χ0v) is 21.6. The van der Waals surface area contributed by atoms with Crippen molar-refractivity contribution in [2.75, 3.05) is 32.1 Å². The quantitative estimate of drug-likeness (QED) is 0.227. The molecular formula is C26H27ClFN7O3. The van der Waals surface area contributed by atoms with E-state index in [1.165, 1.54) is 13.2 Å². The van der Waals surface area contributed by atoms with Gasteiger partial charge in [0.2, 0.25) is 5.91 Å². The molecule has 0 spiro atoms. The molecule has 10 nitrogen and oxygen atoms in total. The van der Waals surface area contributed by atoms with Gasteiger partial charge in [-0.25, -0.2) is 14.4 Å². The maximum absolute atomic E-state index is 14.6. The highest BCUT2D eigenvalue weighted by Gasteiger charge is 2.18. The third-order valence-corrected chi connectivity index (χ3v) is 6.25. The Labute approximate surface area is 223 Å². The lowest BCUT2D eigenvalue weighted by molar-refractivity contribution is -0.119. The summed E-state index contributed by atoms with van der Waals surface area (Å²) < 4.78 is 21.3. The van der Waals surface area contributed by atoms with Crippen molar-refractivity contribution in [1.29, 1.82) is 0 Å². The number of aryl methyl sites for hydroxylation is 1. The van der Waals surface area contributed by atoms with E-state index in [4.69, 9.17) is 22.1 Å². The molecule has 0 saturated heterocycles. The Kier molecular flexibility index (Phi) is 8.39. The average molecular weight is 540 g/mol. The molecule has 0 atom stereocenters. The molecule has 2 aromatic carbocycles. The van der Waals surface area contributed by atoms with E-state index >= 15 is 0 Å². The molecule has 38 heavy (non-hydrogen) atoms. The highest BCUT2D eigenvalue weighted by Crippen LogP contribution is 2.35. The van der Waals surface area contributed by atoms with E-state index in [0.29, 0.717) is 46.9 Å². The number of imidazole rings is 1. The first-order valence-electron chi connectivity index (χ1n) is 11.9. The lowest BCUT2D eigenvalue weighted by Gasteiger charge is -2.13. The minimum Gasteiger partial charge on any atom is -0.494 e. The van der Waals surface area contributed by atoms with E-state index in [-0.39, 0.29) is 35.7 Å². The summed E-state index contributed by atoms with van der Waals surface area (Å²) in [4.78, 5) is 32.8. The molecule has 4 rings (SSSR count). The van der Waals surface area contributed by atoms with Gasteiger partial charge in [0.15, 0.2) is 23.0 Å². The van der Waals surface area contributed by atoms with Crippen LogP contribution in [-0.4, -0.2) is 52.9 Å². The molecule has 2 heterocycles. The fourth-order valence-electron chi connectivity index (χ4n) is 3.96. The first-order valence-corrected chi connectivity index (χ1v) is 12.2. The Balaban J connectivity index is 1.55. The predicted molar refractivity (Wildman–Crippen MR) is 143 cm³/mol. The highest BCUT2D eigenvalue weighted by molar-refractivity contribution is 6.33. The van der Waals surface area contributed by atoms with Crippen molar-refractivity contribution in [2.45, 2.75) is 13.3 Å². The van der Waals surface area contributed by atoms with Crippen LogP contribution in [0.2, 0.25) is 5.02 Å². The third kappa shape index (κ3) is 5.53. The maximum Gasteiger partial charge on any atom is 0.251 e. The number of nitrogens with one attached hydrogen (secondary N) is 3. The minimum atomic E-state index is -0.648. The van der Waals surface area contributed by atoms with Gasteiger partial charge in [-0.05, 0) is 42.3 Å². The number of hydrogen-bond acceptors (Lipinski definition) is 7. The van der Waals surface area contributed by atoms with Crippen molar-refractivity contribution in [3.05, 3.63) is 70.9 Å². The van der Waals surface area contributed by atoms with Crippen LogP contribution in [0.25, 0.3) is 16.9 Å². The van der Waals surface area contributed by atoms with Gasteiger partial charge < -0.3 is 26.4 Å². The molecule has 5 N–H and O–H groups in total. The number of amides is 2. The molecule has 0 aliphatic rings. The van der Waals surface area contributed by atoms with Gasteiger partial charge in [0.1, 0.15) is 0 Å². The van der Waals surface area contributed by atoms with Gasteiger partial charge in [0.25, 0.3) is 5.91 Å². The Morgan fingerprint density at radius 2 is 1.95 bits per heavy atom. The first kappa shape index (κ1) is 26.8. The summed E-state index contributed by atoms with van der Waals surface area (Å²) in [7, 11) is 1.38. The average Bonchev–Trinajstić information content (AvgIpc) is 3.37. The van der Waals surface area contributed by atoms with Gasteiger partial charge in [-0.1, -0.05) is 18.5 Å². The van der Waals surface area contributed by atoms with E-state index in [1.807, 2.05) is 13.0 Å². The van der Waals surface area contributed by atoms with Gasteiger partial charge in [0, 0.05) is 42.3 Å². The van der Waals surface area contributed by atoms with Crippen LogP contribution in [0.15, 0.2) is 48.9 Å². The maximum atomic E-state index is 14.6. The minimum absolute atomic E-state index is 0.0545. The number of benzene rings is 2. The summed E-state index contributed by atoms with van der Waals surface area (Å²) in [5, 5.41) is 8.59. The number of fused-ring (bicyclic) bond motifs is 1. The van der Waals surface area contributed by atoms with Crippen molar-refractivity contribution in [2.24, 2.45) is 5.73 Å². The fraction of sp³-hybridized carbons (Fsp3) is 0.231. The van der Waals surface area contributed by atoms with E-state index in [2.05, 4.69) is 25.9 Å². The van der Waals surface area contributed by atoms with Crippen LogP contribution in [0.3, 0.4) is 0 Å². The highest BCUT2D eigenvalue weighted by atomic mass is 35.5. The van der Waals surface area contributed by atoms with Crippen LogP contribution in [-0.2, 0) is 11.2 Å². The first-order chi connectivity index (χ1) is 18.4. The largest absolute Gasteiger partial charge is 0.494 e. The van der Waals surface area contributed by atoms with E-state index in [0.717, 1.165) is 5.56 Å². The summed E-state index contributed by atoms with van der Waals surface area (Å²) in [5.41, 5.74) is 8.89. The number of carbonyl (C=O) groups is 2. The molecule has 0 saturated carbocycles. The molecule has 0 bridgehead atoms. The Morgan fingerprint density at radius 1 is 1.16 bits per heavy atom. The van der Waals surface area contributed by atoms with Crippen LogP contribution >= 0.6 is 11.6 Å². The zero-order valence-electron chi connectivity index (χ0n) is 20.8. The standard InChI is InChI=1S/C26H27ClFN7O3/c1-3-15-12-16(4-5-17(15)26(37)32-9-8-30-21(36)13-29)34-24-25-33-14-19(35(25)11-10-31-24)18-6-7-20(38-2)23(28)22(18)27/h4-7,10-12,14H,3,8-9,13,29H2,1-2H3,(H,30,36)(H,31,34)(H,32,37). The molecular weight excluding hydrogens is 513 g/mol.